The Morgan fingerprint density at radius 2 is 1.81 bits per heavy atom. The number of aliphatic imine (C=N–C) groups is 1. The quantitative estimate of drug-likeness (QED) is 0.230. The second-order valence-corrected chi connectivity index (χ2v) is 12.4. The lowest BCUT2D eigenvalue weighted by Gasteiger charge is -2.18. The number of carbonyl (C=O) groups excluding carboxylic acids is 2. The zero-order chi connectivity index (χ0) is 29.6. The smallest absolute Gasteiger partial charge is 0.407 e. The molecular formula is C31H37ClN6O3S. The van der Waals surface area contributed by atoms with E-state index in [-0.39, 0.29) is 18.4 Å². The van der Waals surface area contributed by atoms with Crippen molar-refractivity contribution in [1.82, 2.24) is 25.4 Å². The lowest BCUT2D eigenvalue weighted by atomic mass is 9.99. The molecule has 1 aliphatic heterocycles. The van der Waals surface area contributed by atoms with Crippen LogP contribution >= 0.6 is 22.9 Å². The normalized spacial score (nSPS) is 18.1. The molecule has 5 rings (SSSR count). The number of allylic oxidation sites excluding steroid dienone is 2. The highest BCUT2D eigenvalue weighted by Crippen LogP contribution is 2.39. The van der Waals surface area contributed by atoms with Gasteiger partial charge in [0.25, 0.3) is 0 Å². The van der Waals surface area contributed by atoms with E-state index in [1.165, 1.54) is 4.88 Å². The van der Waals surface area contributed by atoms with E-state index >= 15 is 0 Å². The van der Waals surface area contributed by atoms with Gasteiger partial charge in [0.05, 0.1) is 12.1 Å². The summed E-state index contributed by atoms with van der Waals surface area (Å²) in [5.74, 6) is 1.25. The van der Waals surface area contributed by atoms with E-state index in [2.05, 4.69) is 46.8 Å². The summed E-state index contributed by atoms with van der Waals surface area (Å²) in [7, 11) is 0. The van der Waals surface area contributed by atoms with Crippen molar-refractivity contribution < 1.29 is 14.3 Å². The average molecular weight is 609 g/mol. The molecule has 2 amide bonds. The third-order valence-corrected chi connectivity index (χ3v) is 9.12. The van der Waals surface area contributed by atoms with Gasteiger partial charge in [-0.1, -0.05) is 35.9 Å². The van der Waals surface area contributed by atoms with E-state index in [1.54, 1.807) is 11.3 Å². The maximum Gasteiger partial charge on any atom is 0.407 e. The van der Waals surface area contributed by atoms with Gasteiger partial charge >= 0.3 is 6.09 Å². The Morgan fingerprint density at radius 1 is 1.05 bits per heavy atom. The Labute approximate surface area is 255 Å². The first-order valence-corrected chi connectivity index (χ1v) is 15.7. The molecule has 2 atom stereocenters. The molecule has 9 nitrogen and oxygen atoms in total. The molecule has 1 aliphatic carbocycles. The molecule has 3 heterocycles. The number of benzene rings is 1. The van der Waals surface area contributed by atoms with E-state index in [9.17, 15) is 9.59 Å². The predicted molar refractivity (Wildman–Crippen MR) is 166 cm³/mol. The number of nitrogens with zero attached hydrogens (tertiary/aromatic N) is 4. The summed E-state index contributed by atoms with van der Waals surface area (Å²) >= 11 is 7.87. The molecule has 0 spiro atoms. The predicted octanol–water partition coefficient (Wildman–Crippen LogP) is 6.31. The third-order valence-electron chi connectivity index (χ3n) is 7.67. The van der Waals surface area contributed by atoms with Crippen molar-refractivity contribution in [3.8, 4) is 5.00 Å². The van der Waals surface area contributed by atoms with Gasteiger partial charge in [-0.15, -0.1) is 21.5 Å². The Morgan fingerprint density at radius 3 is 2.62 bits per heavy atom. The summed E-state index contributed by atoms with van der Waals surface area (Å²) in [6.45, 7) is 6.96. The Bertz CT molecular complexity index is 1490. The van der Waals surface area contributed by atoms with Crippen molar-refractivity contribution in [3.63, 3.8) is 0 Å². The third kappa shape index (κ3) is 6.93. The van der Waals surface area contributed by atoms with Crippen molar-refractivity contribution in [2.45, 2.75) is 77.9 Å². The first-order valence-electron chi connectivity index (χ1n) is 14.5. The molecule has 222 valence electrons. The molecule has 0 radical (unpaired) electrons. The zero-order valence-corrected chi connectivity index (χ0v) is 25.9. The molecule has 2 N–H and O–H groups in total. The van der Waals surface area contributed by atoms with Crippen LogP contribution in [-0.2, 0) is 9.53 Å². The maximum atomic E-state index is 13.1. The first kappa shape index (κ1) is 30.0. The van der Waals surface area contributed by atoms with Crippen molar-refractivity contribution >= 4 is 40.6 Å². The largest absolute Gasteiger partial charge is 0.446 e. The highest BCUT2D eigenvalue weighted by Gasteiger charge is 2.32. The van der Waals surface area contributed by atoms with Crippen molar-refractivity contribution in [2.75, 3.05) is 13.1 Å². The number of aromatic nitrogens is 3. The van der Waals surface area contributed by atoms with Gasteiger partial charge in [0, 0.05) is 34.1 Å². The summed E-state index contributed by atoms with van der Waals surface area (Å²) in [5.41, 5.74) is 3.91. The number of fused-ring (bicyclic) bond motifs is 3. The van der Waals surface area contributed by atoms with Crippen LogP contribution in [0.25, 0.3) is 5.00 Å². The minimum absolute atomic E-state index is 0.0457. The Hall–Kier alpha value is -3.50. The average Bonchev–Trinajstić information content (AvgIpc) is 3.42. The van der Waals surface area contributed by atoms with Crippen LogP contribution in [0.5, 0.6) is 0 Å². The zero-order valence-electron chi connectivity index (χ0n) is 24.3. The van der Waals surface area contributed by atoms with Crippen LogP contribution in [0.4, 0.5) is 4.79 Å². The van der Waals surface area contributed by atoms with E-state index < -0.39 is 12.1 Å². The monoisotopic (exact) mass is 608 g/mol. The number of thiophene rings is 1. The van der Waals surface area contributed by atoms with E-state index in [0.717, 1.165) is 65.3 Å². The number of alkyl carbamates (subject to hydrolysis) is 1. The number of halogens is 1. The van der Waals surface area contributed by atoms with Gasteiger partial charge in [0.1, 0.15) is 23.0 Å². The maximum absolute atomic E-state index is 13.1. The van der Waals surface area contributed by atoms with Crippen molar-refractivity contribution in [3.05, 3.63) is 74.7 Å². The highest BCUT2D eigenvalue weighted by atomic mass is 35.5. The Balaban J connectivity index is 1.23. The molecule has 0 bridgehead atoms. The summed E-state index contributed by atoms with van der Waals surface area (Å²) in [6, 6.07) is 7.10. The van der Waals surface area contributed by atoms with Crippen molar-refractivity contribution in [2.24, 2.45) is 4.99 Å². The molecular weight excluding hydrogens is 572 g/mol. The topological polar surface area (TPSA) is 110 Å². The summed E-state index contributed by atoms with van der Waals surface area (Å²) in [4.78, 5) is 31.7. The molecule has 1 unspecified atom stereocenters. The number of carbonyl (C=O) groups is 2. The van der Waals surface area contributed by atoms with E-state index in [4.69, 9.17) is 21.3 Å². The molecule has 11 heteroatoms. The van der Waals surface area contributed by atoms with Gasteiger partial charge in [0.2, 0.25) is 5.91 Å². The summed E-state index contributed by atoms with van der Waals surface area (Å²) in [6.07, 6.45) is 9.33. The SMILES string of the molecule is Cc1sc2c(c1C)C(c1ccc(Cl)cc1)=N[C@@H](CC(=O)NCCCNC(=O)OC1CCC=CCCC1)c1nnc(C)n1-2. The fourth-order valence-corrected chi connectivity index (χ4v) is 6.66. The molecule has 2 aromatic heterocycles. The number of rotatable bonds is 8. The fraction of sp³-hybridized carbons (Fsp3) is 0.452. The summed E-state index contributed by atoms with van der Waals surface area (Å²) in [5, 5.41) is 16.2. The van der Waals surface area contributed by atoms with Crippen molar-refractivity contribution in [1.29, 1.82) is 0 Å². The first-order chi connectivity index (χ1) is 20.3. The molecule has 2 aliphatic rings. The molecule has 0 saturated carbocycles. The van der Waals surface area contributed by atoms with Gasteiger partial charge < -0.3 is 15.4 Å². The second-order valence-electron chi connectivity index (χ2n) is 10.7. The number of ether oxygens (including phenoxy) is 1. The lowest BCUT2D eigenvalue weighted by Crippen LogP contribution is -2.32. The van der Waals surface area contributed by atoms with E-state index in [0.29, 0.717) is 30.4 Å². The molecule has 0 saturated heterocycles. The van der Waals surface area contributed by atoms with Crippen LogP contribution in [0.3, 0.4) is 0 Å². The van der Waals surface area contributed by atoms with Crippen LogP contribution in [-0.4, -0.2) is 51.7 Å². The van der Waals surface area contributed by atoms with Gasteiger partial charge in [-0.2, -0.15) is 0 Å². The minimum Gasteiger partial charge on any atom is -0.446 e. The van der Waals surface area contributed by atoms with Gasteiger partial charge in [-0.3, -0.25) is 14.4 Å². The molecule has 0 fully saturated rings. The number of hydrogen-bond acceptors (Lipinski definition) is 7. The number of hydrogen-bond donors (Lipinski definition) is 2. The standard InChI is InChI=1S/C31H37ClN6O3S/c1-19-20(2)42-30-27(19)28(22-12-14-23(32)15-13-22)35-25(29-37-36-21(3)38(29)30)18-26(39)33-16-9-17-34-31(40)41-24-10-7-5-4-6-8-11-24/h4-5,12-15,24-25H,6-11,16-18H2,1-3H3,(H,33,39)(H,34,40)/t24?,25-/m0/s1. The molecule has 1 aromatic carbocycles. The molecule has 42 heavy (non-hydrogen) atoms. The highest BCUT2D eigenvalue weighted by molar-refractivity contribution is 7.15. The van der Waals surface area contributed by atoms with Crippen LogP contribution in [0.1, 0.15) is 84.2 Å². The number of amides is 2. The van der Waals surface area contributed by atoms with E-state index in [1.807, 2.05) is 35.8 Å². The van der Waals surface area contributed by atoms with Gasteiger partial charge in [-0.05, 0) is 77.0 Å². The van der Waals surface area contributed by atoms with Gasteiger partial charge in [-0.25, -0.2) is 4.79 Å². The second kappa shape index (κ2) is 13.6. The van der Waals surface area contributed by atoms with Crippen LogP contribution in [0.2, 0.25) is 5.02 Å². The molecule has 3 aromatic rings. The summed E-state index contributed by atoms with van der Waals surface area (Å²) < 4.78 is 7.62. The number of aryl methyl sites for hydroxylation is 2. The number of nitrogens with one attached hydrogen (secondary N) is 2. The van der Waals surface area contributed by atoms with Crippen LogP contribution in [0, 0.1) is 20.8 Å². The van der Waals surface area contributed by atoms with Crippen LogP contribution in [0.15, 0.2) is 41.4 Å². The lowest BCUT2D eigenvalue weighted by molar-refractivity contribution is -0.121. The fourth-order valence-electron chi connectivity index (χ4n) is 5.32. The van der Waals surface area contributed by atoms with Gasteiger partial charge in [0.15, 0.2) is 5.82 Å². The van der Waals surface area contributed by atoms with Crippen LogP contribution < -0.4 is 10.6 Å². The minimum atomic E-state index is -0.525. The Kier molecular flexibility index (Phi) is 9.74.